The third kappa shape index (κ3) is 5.69. The maximum Gasteiger partial charge on any atom is 0.0991 e. The van der Waals surface area contributed by atoms with Gasteiger partial charge in [-0.3, -0.25) is 0 Å². The summed E-state index contributed by atoms with van der Waals surface area (Å²) in [5, 5.41) is 33.8. The zero-order chi connectivity index (χ0) is 36.6. The average molecular weight is 688 g/mol. The number of nitriles is 3. The van der Waals surface area contributed by atoms with Gasteiger partial charge in [0.15, 0.2) is 0 Å². The molecule has 0 amide bonds. The number of hydrogen-bond donors (Lipinski definition) is 0. The normalized spacial score (nSPS) is 20.3. The lowest BCUT2D eigenvalue weighted by atomic mass is 9.67. The highest BCUT2D eigenvalue weighted by Crippen LogP contribution is 2.48. The van der Waals surface area contributed by atoms with Gasteiger partial charge in [-0.25, -0.2) is 0 Å². The summed E-state index contributed by atoms with van der Waals surface area (Å²) < 4.78 is 4.86. The zero-order valence-electron chi connectivity index (χ0n) is 30.2. The van der Waals surface area contributed by atoms with E-state index >= 15 is 0 Å². The van der Waals surface area contributed by atoms with Crippen molar-refractivity contribution in [2.24, 2.45) is 23.7 Å². The van der Waals surface area contributed by atoms with Crippen LogP contribution < -0.4 is 0 Å². The molecule has 258 valence electrons. The number of fused-ring (bicyclic) bond motifs is 6. The second-order valence-corrected chi connectivity index (χ2v) is 14.7. The van der Waals surface area contributed by atoms with E-state index in [4.69, 9.17) is 0 Å². The van der Waals surface area contributed by atoms with Gasteiger partial charge in [-0.05, 0) is 85.1 Å². The first kappa shape index (κ1) is 33.8. The van der Waals surface area contributed by atoms with E-state index in [2.05, 4.69) is 151 Å². The van der Waals surface area contributed by atoms with Crippen LogP contribution in [0.2, 0.25) is 0 Å². The van der Waals surface area contributed by atoms with Gasteiger partial charge in [0.05, 0.1) is 35.3 Å². The van der Waals surface area contributed by atoms with Crippen LogP contribution in [-0.4, -0.2) is 9.13 Å². The van der Waals surface area contributed by atoms with Crippen LogP contribution in [0.5, 0.6) is 0 Å². The van der Waals surface area contributed by atoms with E-state index in [-0.39, 0.29) is 29.7 Å². The molecule has 0 saturated heterocycles. The summed E-state index contributed by atoms with van der Waals surface area (Å²) in [5.74, 6) is 0.350. The van der Waals surface area contributed by atoms with E-state index in [1.165, 1.54) is 27.9 Å². The Morgan fingerprint density at radius 3 is 2.36 bits per heavy atom. The molecule has 0 N–H and O–H groups in total. The minimum atomic E-state index is -0.0936. The van der Waals surface area contributed by atoms with E-state index < -0.39 is 0 Å². The van der Waals surface area contributed by atoms with Gasteiger partial charge >= 0.3 is 0 Å². The van der Waals surface area contributed by atoms with Gasteiger partial charge in [0.25, 0.3) is 0 Å². The third-order valence-corrected chi connectivity index (χ3v) is 11.5. The molecule has 3 aromatic carbocycles. The Bertz CT molecular complexity index is 2620. The lowest BCUT2D eigenvalue weighted by Gasteiger charge is -2.39. The topological polar surface area (TPSA) is 81.2 Å². The standard InChI is InChI=1S/C48H41N5/c1-4-12-35(30-51)48(39-17-7-10-20-44(39)53-43-19-9-6-16-38(43)41-26-33(29-50)22-24-46(41)53)47(31(2)3)34-13-11-14-36(27-34)52-42-18-8-5-15-37(42)40-25-32(28-49)21-23-45(40)52/h4-11,13-20,22,24-26,31,34,39,44,47H,1,12,21,23,27H2,2-3H3/b48-35+. The summed E-state index contributed by atoms with van der Waals surface area (Å²) in [6.07, 6.45) is 22.5. The quantitative estimate of drug-likeness (QED) is 0.120. The Morgan fingerprint density at radius 1 is 0.849 bits per heavy atom. The fourth-order valence-corrected chi connectivity index (χ4v) is 9.34. The predicted octanol–water partition coefficient (Wildman–Crippen LogP) is 11.5. The number of benzene rings is 3. The molecule has 4 atom stereocenters. The summed E-state index contributed by atoms with van der Waals surface area (Å²) in [5.41, 5.74) is 10.4. The molecule has 5 heteroatoms. The van der Waals surface area contributed by atoms with Crippen molar-refractivity contribution >= 4 is 44.5 Å². The van der Waals surface area contributed by atoms with Crippen LogP contribution in [0.15, 0.2) is 139 Å². The number of aromatic nitrogens is 2. The van der Waals surface area contributed by atoms with Gasteiger partial charge in [-0.15, -0.1) is 6.58 Å². The van der Waals surface area contributed by atoms with E-state index in [0.717, 1.165) is 57.8 Å². The first-order valence-corrected chi connectivity index (χ1v) is 18.6. The Kier molecular flexibility index (Phi) is 8.92. The van der Waals surface area contributed by atoms with Gasteiger partial charge in [0, 0.05) is 67.6 Å². The summed E-state index contributed by atoms with van der Waals surface area (Å²) in [6.45, 7) is 8.67. The number of allylic oxidation sites excluding steroid dienone is 12. The smallest absolute Gasteiger partial charge is 0.0991 e. The van der Waals surface area contributed by atoms with Crippen LogP contribution in [0.25, 0.3) is 44.5 Å². The summed E-state index contributed by atoms with van der Waals surface area (Å²) in [6, 6.07) is 30.3. The lowest BCUT2D eigenvalue weighted by molar-refractivity contribution is 0.311. The second-order valence-electron chi connectivity index (χ2n) is 14.7. The van der Waals surface area contributed by atoms with Crippen LogP contribution in [0.4, 0.5) is 0 Å². The van der Waals surface area contributed by atoms with E-state index in [9.17, 15) is 15.8 Å². The molecule has 0 radical (unpaired) electrons. The first-order chi connectivity index (χ1) is 26.0. The van der Waals surface area contributed by atoms with Crippen LogP contribution in [0, 0.1) is 57.7 Å². The van der Waals surface area contributed by atoms with Crippen molar-refractivity contribution < 1.29 is 0 Å². The molecule has 4 unspecified atom stereocenters. The van der Waals surface area contributed by atoms with Crippen molar-refractivity contribution in [2.75, 3.05) is 0 Å². The molecule has 0 aliphatic heterocycles. The molecule has 0 fully saturated rings. The zero-order valence-corrected chi connectivity index (χ0v) is 30.2. The van der Waals surface area contributed by atoms with Crippen molar-refractivity contribution in [3.63, 3.8) is 0 Å². The maximum absolute atomic E-state index is 10.9. The number of nitrogens with zero attached hydrogens (tertiary/aromatic N) is 5. The minimum absolute atomic E-state index is 0.0641. The lowest BCUT2D eigenvalue weighted by Crippen LogP contribution is -2.31. The van der Waals surface area contributed by atoms with Crippen LogP contribution in [0.1, 0.15) is 56.0 Å². The molecule has 0 spiro atoms. The number of hydrogen-bond acceptors (Lipinski definition) is 3. The molecule has 2 aromatic heterocycles. The van der Waals surface area contributed by atoms with E-state index in [1.807, 2.05) is 18.2 Å². The highest BCUT2D eigenvalue weighted by Gasteiger charge is 2.38. The molecule has 0 saturated carbocycles. The molecular formula is C48H41N5. The monoisotopic (exact) mass is 687 g/mol. The number of para-hydroxylation sites is 2. The molecule has 3 aliphatic carbocycles. The minimum Gasteiger partial charge on any atom is -0.332 e. The molecular weight excluding hydrogens is 647 g/mol. The van der Waals surface area contributed by atoms with Crippen molar-refractivity contribution in [3.05, 3.63) is 155 Å². The van der Waals surface area contributed by atoms with Gasteiger partial charge in [-0.1, -0.05) is 92.8 Å². The largest absolute Gasteiger partial charge is 0.332 e. The van der Waals surface area contributed by atoms with E-state index in [0.29, 0.717) is 12.0 Å². The predicted molar refractivity (Wildman–Crippen MR) is 216 cm³/mol. The van der Waals surface area contributed by atoms with Crippen LogP contribution in [-0.2, 0) is 6.42 Å². The van der Waals surface area contributed by atoms with Gasteiger partial charge in [0.1, 0.15) is 0 Å². The fraction of sp³-hybridized carbons (Fsp3) is 0.229. The van der Waals surface area contributed by atoms with E-state index in [1.54, 1.807) is 0 Å². The fourth-order valence-electron chi connectivity index (χ4n) is 9.34. The Labute approximate surface area is 311 Å². The molecule has 53 heavy (non-hydrogen) atoms. The molecule has 5 aromatic rings. The van der Waals surface area contributed by atoms with Crippen molar-refractivity contribution in [2.45, 2.75) is 45.6 Å². The first-order valence-electron chi connectivity index (χ1n) is 18.6. The second kappa shape index (κ2) is 14.0. The summed E-state index contributed by atoms with van der Waals surface area (Å²) >= 11 is 0. The Hall–Kier alpha value is -6.35. The van der Waals surface area contributed by atoms with Crippen molar-refractivity contribution in [1.82, 2.24) is 9.13 Å². The SMILES string of the molecule is C=CC/C(C#N)=C(/C1C=CC=CC1n1c2ccccc2c2cc(C#N)ccc21)C(C(C)C)C1C=CC=C(n2c3c(c4ccccc42)C=C(C#N)CC3)C1. The third-order valence-electron chi connectivity index (χ3n) is 11.5. The maximum atomic E-state index is 10.9. The van der Waals surface area contributed by atoms with Crippen molar-refractivity contribution in [3.8, 4) is 18.2 Å². The van der Waals surface area contributed by atoms with Crippen LogP contribution >= 0.6 is 0 Å². The number of rotatable bonds is 8. The average Bonchev–Trinajstić information content (AvgIpc) is 3.71. The van der Waals surface area contributed by atoms with Crippen molar-refractivity contribution in [1.29, 1.82) is 15.8 Å². The molecule has 3 aliphatic rings. The highest BCUT2D eigenvalue weighted by molar-refractivity contribution is 6.08. The Balaban J connectivity index is 1.26. The molecule has 2 heterocycles. The molecule has 5 nitrogen and oxygen atoms in total. The summed E-state index contributed by atoms with van der Waals surface area (Å²) in [7, 11) is 0. The Morgan fingerprint density at radius 2 is 1.60 bits per heavy atom. The van der Waals surface area contributed by atoms with Gasteiger partial charge < -0.3 is 9.13 Å². The van der Waals surface area contributed by atoms with Crippen LogP contribution in [0.3, 0.4) is 0 Å². The van der Waals surface area contributed by atoms with Gasteiger partial charge in [0.2, 0.25) is 0 Å². The van der Waals surface area contributed by atoms with Gasteiger partial charge in [-0.2, -0.15) is 15.8 Å². The molecule has 8 rings (SSSR count). The summed E-state index contributed by atoms with van der Waals surface area (Å²) in [4.78, 5) is 0. The molecule has 0 bridgehead atoms. The highest BCUT2D eigenvalue weighted by atomic mass is 15.0.